The fourth-order valence-corrected chi connectivity index (χ4v) is 8.08. The maximum absolute atomic E-state index is 5.15. The number of hydrogen-bond donors (Lipinski definition) is 0. The first-order valence-electron chi connectivity index (χ1n) is 14.1. The summed E-state index contributed by atoms with van der Waals surface area (Å²) < 4.78 is 4.37. The van der Waals surface area contributed by atoms with Crippen molar-refractivity contribution in [3.8, 4) is 0 Å². The summed E-state index contributed by atoms with van der Waals surface area (Å²) in [6.45, 7) is 11.8. The highest BCUT2D eigenvalue weighted by atomic mass is 15.3. The molecule has 3 aromatic heterocycles. The van der Waals surface area contributed by atoms with Crippen LogP contribution in [0.4, 0.5) is 5.82 Å². The molecule has 192 valence electrons. The Balaban J connectivity index is 1.14. The van der Waals surface area contributed by atoms with Crippen LogP contribution in [0.15, 0.2) is 0 Å². The SMILES string of the molecule is Cc1nc(N2CCc3c(c(C)nn3CC34CCC(N5CCCC5)(CC3)CC4)C2)c2c(n1)c(C)nn2C. The fourth-order valence-electron chi connectivity index (χ4n) is 8.08. The van der Waals surface area contributed by atoms with E-state index < -0.39 is 0 Å². The van der Waals surface area contributed by atoms with Gasteiger partial charge in [-0.25, -0.2) is 9.97 Å². The van der Waals surface area contributed by atoms with Crippen molar-refractivity contribution in [2.24, 2.45) is 12.5 Å². The van der Waals surface area contributed by atoms with Crippen LogP contribution in [0.2, 0.25) is 0 Å². The number of nitrogens with zero attached hydrogens (tertiary/aromatic N) is 8. The van der Waals surface area contributed by atoms with Gasteiger partial charge >= 0.3 is 0 Å². The largest absolute Gasteiger partial charge is 0.350 e. The molecular formula is C28H40N8. The summed E-state index contributed by atoms with van der Waals surface area (Å²) in [6, 6.07) is 0. The van der Waals surface area contributed by atoms with Crippen molar-refractivity contribution in [2.75, 3.05) is 24.5 Å². The number of anilines is 1. The van der Waals surface area contributed by atoms with Gasteiger partial charge in [0.25, 0.3) is 0 Å². The zero-order chi connectivity index (χ0) is 24.7. The van der Waals surface area contributed by atoms with Crippen LogP contribution in [-0.2, 0) is 26.6 Å². The van der Waals surface area contributed by atoms with Gasteiger partial charge in [0.05, 0.1) is 11.4 Å². The van der Waals surface area contributed by atoms with Gasteiger partial charge in [-0.1, -0.05) is 0 Å². The monoisotopic (exact) mass is 488 g/mol. The number of aryl methyl sites for hydroxylation is 4. The van der Waals surface area contributed by atoms with Crippen LogP contribution in [0, 0.1) is 26.2 Å². The summed E-state index contributed by atoms with van der Waals surface area (Å²) in [7, 11) is 2.00. The van der Waals surface area contributed by atoms with Crippen LogP contribution in [-0.4, -0.2) is 59.6 Å². The molecule has 3 saturated carbocycles. The Morgan fingerprint density at radius 1 is 0.833 bits per heavy atom. The Morgan fingerprint density at radius 2 is 1.56 bits per heavy atom. The lowest BCUT2D eigenvalue weighted by Gasteiger charge is -2.57. The van der Waals surface area contributed by atoms with E-state index in [-0.39, 0.29) is 0 Å². The smallest absolute Gasteiger partial charge is 0.158 e. The van der Waals surface area contributed by atoms with E-state index in [0.29, 0.717) is 11.0 Å². The second-order valence-corrected chi connectivity index (χ2v) is 12.3. The molecule has 8 heteroatoms. The molecule has 5 aliphatic rings. The molecule has 0 radical (unpaired) electrons. The highest BCUT2D eigenvalue weighted by molar-refractivity contribution is 5.88. The third-order valence-corrected chi connectivity index (χ3v) is 10.2. The molecule has 0 aromatic carbocycles. The Hall–Kier alpha value is -2.48. The van der Waals surface area contributed by atoms with E-state index in [9.17, 15) is 0 Å². The number of aromatic nitrogens is 6. The minimum atomic E-state index is 0.451. The molecule has 8 nitrogen and oxygen atoms in total. The molecule has 2 bridgehead atoms. The van der Waals surface area contributed by atoms with Crippen molar-refractivity contribution in [2.45, 2.75) is 97.2 Å². The van der Waals surface area contributed by atoms with E-state index in [2.05, 4.69) is 26.5 Å². The van der Waals surface area contributed by atoms with Crippen molar-refractivity contribution >= 4 is 16.9 Å². The van der Waals surface area contributed by atoms with E-state index in [4.69, 9.17) is 15.1 Å². The van der Waals surface area contributed by atoms with Gasteiger partial charge in [-0.2, -0.15) is 10.2 Å². The average Bonchev–Trinajstić information content (AvgIpc) is 3.60. The molecule has 5 heterocycles. The van der Waals surface area contributed by atoms with E-state index in [1.165, 1.54) is 81.4 Å². The maximum atomic E-state index is 5.15. The highest BCUT2D eigenvalue weighted by Crippen LogP contribution is 2.56. The van der Waals surface area contributed by atoms with Gasteiger partial charge in [0.1, 0.15) is 16.9 Å². The first kappa shape index (κ1) is 22.7. The lowest BCUT2D eigenvalue weighted by molar-refractivity contribution is -0.0534. The van der Waals surface area contributed by atoms with Crippen LogP contribution in [0.3, 0.4) is 0 Å². The van der Waals surface area contributed by atoms with Gasteiger partial charge in [-0.15, -0.1) is 0 Å². The average molecular weight is 489 g/mol. The zero-order valence-electron chi connectivity index (χ0n) is 22.5. The topological polar surface area (TPSA) is 67.9 Å². The lowest BCUT2D eigenvalue weighted by atomic mass is 9.56. The number of fused-ring (bicyclic) bond motifs is 5. The molecule has 3 aliphatic carbocycles. The van der Waals surface area contributed by atoms with Gasteiger partial charge in [-0.05, 0) is 90.6 Å². The molecule has 0 unspecified atom stereocenters. The van der Waals surface area contributed by atoms with Gasteiger partial charge in [0.2, 0.25) is 0 Å². The number of hydrogen-bond acceptors (Lipinski definition) is 6. The summed E-state index contributed by atoms with van der Waals surface area (Å²) in [5.41, 5.74) is 8.01. The normalized spacial score (nSPS) is 28.4. The molecule has 0 amide bonds. The fraction of sp³-hybridized carbons (Fsp3) is 0.714. The highest BCUT2D eigenvalue weighted by Gasteiger charge is 2.51. The summed E-state index contributed by atoms with van der Waals surface area (Å²) >= 11 is 0. The van der Waals surface area contributed by atoms with E-state index in [0.717, 1.165) is 54.4 Å². The van der Waals surface area contributed by atoms with Crippen LogP contribution < -0.4 is 4.90 Å². The molecular weight excluding hydrogens is 448 g/mol. The van der Waals surface area contributed by atoms with Gasteiger partial charge in [-0.3, -0.25) is 14.3 Å². The molecule has 0 atom stereocenters. The molecule has 0 N–H and O–H groups in total. The molecule has 0 spiro atoms. The van der Waals surface area contributed by atoms with Crippen LogP contribution in [0.1, 0.15) is 79.8 Å². The van der Waals surface area contributed by atoms with Crippen molar-refractivity contribution in [3.63, 3.8) is 0 Å². The molecule has 8 rings (SSSR count). The molecule has 3 aromatic rings. The van der Waals surface area contributed by atoms with Crippen molar-refractivity contribution in [1.82, 2.24) is 34.4 Å². The second-order valence-electron chi connectivity index (χ2n) is 12.3. The standard InChI is InChI=1S/C28H40N8/c1-19-22-17-34(26-25-24(29-21(3)30-26)20(2)31-33(25)4)16-7-23(22)36(32-19)18-27-8-11-28(12-9-27,13-10-27)35-14-5-6-15-35/h5-18H2,1-4H3. The molecule has 1 saturated heterocycles. The zero-order valence-corrected chi connectivity index (χ0v) is 22.5. The Labute approximate surface area is 214 Å². The summed E-state index contributed by atoms with van der Waals surface area (Å²) in [4.78, 5) is 14.9. The molecule has 36 heavy (non-hydrogen) atoms. The quantitative estimate of drug-likeness (QED) is 0.547. The van der Waals surface area contributed by atoms with E-state index >= 15 is 0 Å². The third kappa shape index (κ3) is 3.36. The van der Waals surface area contributed by atoms with Crippen molar-refractivity contribution in [1.29, 1.82) is 0 Å². The van der Waals surface area contributed by atoms with Gasteiger partial charge < -0.3 is 4.90 Å². The van der Waals surface area contributed by atoms with E-state index in [1.807, 2.05) is 25.6 Å². The first-order chi connectivity index (χ1) is 17.4. The third-order valence-electron chi connectivity index (χ3n) is 10.2. The van der Waals surface area contributed by atoms with E-state index in [1.54, 1.807) is 0 Å². The Bertz CT molecular complexity index is 1300. The predicted molar refractivity (Wildman–Crippen MR) is 141 cm³/mol. The maximum Gasteiger partial charge on any atom is 0.158 e. The minimum absolute atomic E-state index is 0.451. The predicted octanol–water partition coefficient (Wildman–Crippen LogP) is 4.24. The Morgan fingerprint density at radius 3 is 2.28 bits per heavy atom. The van der Waals surface area contributed by atoms with Crippen LogP contribution in [0.25, 0.3) is 11.0 Å². The summed E-state index contributed by atoms with van der Waals surface area (Å²) in [5.74, 6) is 1.82. The number of likely N-dealkylation sites (tertiary alicyclic amines) is 1. The van der Waals surface area contributed by atoms with Crippen molar-refractivity contribution in [3.05, 3.63) is 28.5 Å². The van der Waals surface area contributed by atoms with Crippen LogP contribution >= 0.6 is 0 Å². The second kappa shape index (κ2) is 8.01. The first-order valence-corrected chi connectivity index (χ1v) is 14.1. The van der Waals surface area contributed by atoms with Gasteiger partial charge in [0, 0.05) is 49.9 Å². The van der Waals surface area contributed by atoms with Crippen LogP contribution in [0.5, 0.6) is 0 Å². The van der Waals surface area contributed by atoms with Crippen molar-refractivity contribution < 1.29 is 0 Å². The number of rotatable bonds is 4. The summed E-state index contributed by atoms with van der Waals surface area (Å²) in [6.07, 6.45) is 12.2. The Kier molecular flexibility index (Phi) is 5.05. The lowest BCUT2D eigenvalue weighted by Crippen LogP contribution is -2.56. The minimum Gasteiger partial charge on any atom is -0.350 e. The van der Waals surface area contributed by atoms with Gasteiger partial charge in [0.15, 0.2) is 5.82 Å². The summed E-state index contributed by atoms with van der Waals surface area (Å²) in [5, 5.41) is 9.79. The molecule has 4 fully saturated rings. The molecule has 2 aliphatic heterocycles.